The minimum atomic E-state index is -0.795. The zero-order valence-corrected chi connectivity index (χ0v) is 10.7. The van der Waals surface area contributed by atoms with E-state index < -0.39 is 10.9 Å². The molecule has 0 aliphatic carbocycles. The minimum Gasteiger partial charge on any atom is -0.459 e. The van der Waals surface area contributed by atoms with Gasteiger partial charge in [0.15, 0.2) is 0 Å². The number of ether oxygens (including phenoxy) is 2. The molecule has 0 bridgehead atoms. The third-order valence-corrected chi connectivity index (χ3v) is 2.25. The number of benzene rings is 1. The van der Waals surface area contributed by atoms with Crippen molar-refractivity contribution in [1.29, 1.82) is 5.26 Å². The van der Waals surface area contributed by atoms with Gasteiger partial charge in [-0.05, 0) is 11.6 Å². The number of hydrogen-bond acceptors (Lipinski definition) is 6. The number of carbonyl (C=O) groups excluding carboxylic acids is 1. The van der Waals surface area contributed by atoms with E-state index in [1.807, 2.05) is 0 Å². The van der Waals surface area contributed by atoms with Crippen molar-refractivity contribution in [3.63, 3.8) is 0 Å². The Morgan fingerprint density at radius 2 is 2.25 bits per heavy atom. The lowest BCUT2D eigenvalue weighted by Gasteiger charge is -2.02. The molecule has 0 amide bonds. The Balaban J connectivity index is 2.89. The first-order valence-electron chi connectivity index (χ1n) is 5.60. The molecule has 0 spiro atoms. The highest BCUT2D eigenvalue weighted by Crippen LogP contribution is 2.16. The monoisotopic (exact) mass is 276 g/mol. The van der Waals surface area contributed by atoms with Crippen LogP contribution in [0.15, 0.2) is 29.8 Å². The van der Waals surface area contributed by atoms with Gasteiger partial charge in [0.25, 0.3) is 5.69 Å². The fourth-order valence-electron chi connectivity index (χ4n) is 1.33. The summed E-state index contributed by atoms with van der Waals surface area (Å²) in [6.07, 6.45) is 1.24. The molecule has 1 rings (SSSR count). The van der Waals surface area contributed by atoms with Crippen molar-refractivity contribution < 1.29 is 19.2 Å². The summed E-state index contributed by atoms with van der Waals surface area (Å²) in [6, 6.07) is 7.30. The van der Waals surface area contributed by atoms with Gasteiger partial charge in [-0.3, -0.25) is 10.1 Å². The molecular weight excluding hydrogens is 264 g/mol. The second-order valence-electron chi connectivity index (χ2n) is 3.65. The van der Waals surface area contributed by atoms with Gasteiger partial charge < -0.3 is 9.47 Å². The average Bonchev–Trinajstić information content (AvgIpc) is 2.45. The fraction of sp³-hybridized carbons (Fsp3) is 0.231. The fourth-order valence-corrected chi connectivity index (χ4v) is 1.33. The largest absolute Gasteiger partial charge is 0.459 e. The Bertz CT molecular complexity index is 574. The van der Waals surface area contributed by atoms with Crippen molar-refractivity contribution in [3.05, 3.63) is 45.5 Å². The van der Waals surface area contributed by atoms with Crippen LogP contribution in [0.25, 0.3) is 6.08 Å². The molecule has 0 unspecified atom stereocenters. The van der Waals surface area contributed by atoms with Crippen molar-refractivity contribution in [2.45, 2.75) is 0 Å². The molecule has 0 heterocycles. The first-order valence-corrected chi connectivity index (χ1v) is 5.60. The van der Waals surface area contributed by atoms with Gasteiger partial charge in [-0.25, -0.2) is 4.79 Å². The Labute approximate surface area is 115 Å². The minimum absolute atomic E-state index is 0.0310. The second kappa shape index (κ2) is 7.66. The molecule has 0 N–H and O–H groups in total. The molecule has 0 aromatic heterocycles. The van der Waals surface area contributed by atoms with Gasteiger partial charge in [-0.15, -0.1) is 0 Å². The summed E-state index contributed by atoms with van der Waals surface area (Å²) in [7, 11) is 1.46. The van der Waals surface area contributed by atoms with E-state index in [-0.39, 0.29) is 24.5 Å². The third-order valence-electron chi connectivity index (χ3n) is 2.25. The number of carbonyl (C=O) groups is 1. The number of nitro groups is 1. The van der Waals surface area contributed by atoms with Gasteiger partial charge >= 0.3 is 5.97 Å². The highest BCUT2D eigenvalue weighted by Gasteiger charge is 2.11. The summed E-state index contributed by atoms with van der Waals surface area (Å²) in [6.45, 7) is 0.255. The number of nitro benzene ring substituents is 1. The van der Waals surface area contributed by atoms with E-state index in [2.05, 4.69) is 0 Å². The number of methoxy groups -OCH3 is 1. The SMILES string of the molecule is COCCOC(=O)C(C#N)=Cc1cccc([N+](=O)[O-])c1. The van der Waals surface area contributed by atoms with Gasteiger partial charge in [-0.1, -0.05) is 12.1 Å². The highest BCUT2D eigenvalue weighted by molar-refractivity contribution is 5.97. The molecule has 0 aliphatic heterocycles. The van der Waals surface area contributed by atoms with Crippen LogP contribution >= 0.6 is 0 Å². The quantitative estimate of drug-likeness (QED) is 0.196. The maximum absolute atomic E-state index is 11.6. The average molecular weight is 276 g/mol. The summed E-state index contributed by atoms with van der Waals surface area (Å²) >= 11 is 0. The van der Waals surface area contributed by atoms with E-state index in [9.17, 15) is 14.9 Å². The van der Waals surface area contributed by atoms with Crippen LogP contribution in [-0.2, 0) is 14.3 Å². The molecule has 1 aromatic carbocycles. The van der Waals surface area contributed by atoms with Crippen LogP contribution in [0.3, 0.4) is 0 Å². The van der Waals surface area contributed by atoms with Crippen molar-refractivity contribution in [1.82, 2.24) is 0 Å². The van der Waals surface area contributed by atoms with Gasteiger partial charge in [0.1, 0.15) is 18.2 Å². The van der Waals surface area contributed by atoms with Crippen molar-refractivity contribution in [3.8, 4) is 6.07 Å². The first-order chi connectivity index (χ1) is 9.58. The van der Waals surface area contributed by atoms with Crippen LogP contribution in [0.5, 0.6) is 0 Å². The highest BCUT2D eigenvalue weighted by atomic mass is 16.6. The number of non-ortho nitro benzene ring substituents is 1. The van der Waals surface area contributed by atoms with Gasteiger partial charge in [0.05, 0.1) is 11.5 Å². The van der Waals surface area contributed by atoms with Crippen molar-refractivity contribution in [2.24, 2.45) is 0 Å². The molecule has 0 radical (unpaired) electrons. The Kier molecular flexibility index (Phi) is 5.87. The Morgan fingerprint density at radius 1 is 1.50 bits per heavy atom. The lowest BCUT2D eigenvalue weighted by Crippen LogP contribution is -2.11. The van der Waals surface area contributed by atoms with Crippen LogP contribution < -0.4 is 0 Å². The van der Waals surface area contributed by atoms with Crippen LogP contribution in [0.1, 0.15) is 5.56 Å². The lowest BCUT2D eigenvalue weighted by molar-refractivity contribution is -0.384. The second-order valence-corrected chi connectivity index (χ2v) is 3.65. The molecule has 104 valence electrons. The Hall–Kier alpha value is -2.72. The van der Waals surface area contributed by atoms with Crippen LogP contribution in [0, 0.1) is 21.4 Å². The number of esters is 1. The van der Waals surface area contributed by atoms with E-state index in [1.165, 1.54) is 31.4 Å². The van der Waals surface area contributed by atoms with Gasteiger partial charge in [0.2, 0.25) is 0 Å². The molecule has 0 fully saturated rings. The zero-order chi connectivity index (χ0) is 15.0. The summed E-state index contributed by atoms with van der Waals surface area (Å²) < 4.78 is 9.51. The van der Waals surface area contributed by atoms with Crippen molar-refractivity contribution >= 4 is 17.7 Å². The van der Waals surface area contributed by atoms with E-state index in [4.69, 9.17) is 14.7 Å². The summed E-state index contributed by atoms with van der Waals surface area (Å²) in [5, 5.41) is 19.5. The molecule has 1 aromatic rings. The molecule has 7 heteroatoms. The molecule has 7 nitrogen and oxygen atoms in total. The molecule has 20 heavy (non-hydrogen) atoms. The number of nitriles is 1. The first kappa shape index (κ1) is 15.3. The summed E-state index contributed by atoms with van der Waals surface area (Å²) in [5.41, 5.74) is 0.0184. The van der Waals surface area contributed by atoms with E-state index >= 15 is 0 Å². The van der Waals surface area contributed by atoms with E-state index in [1.54, 1.807) is 12.1 Å². The standard InChI is InChI=1S/C13H12N2O5/c1-19-5-6-20-13(16)11(9-14)7-10-3-2-4-12(8-10)15(17)18/h2-4,7-8H,5-6H2,1H3. The van der Waals surface area contributed by atoms with E-state index in [0.717, 1.165) is 0 Å². The smallest absolute Gasteiger partial charge is 0.348 e. The van der Waals surface area contributed by atoms with Crippen LogP contribution in [-0.4, -0.2) is 31.2 Å². The van der Waals surface area contributed by atoms with Crippen LogP contribution in [0.4, 0.5) is 5.69 Å². The molecule has 0 atom stereocenters. The number of nitrogens with zero attached hydrogens (tertiary/aromatic N) is 2. The Morgan fingerprint density at radius 3 is 2.85 bits per heavy atom. The third kappa shape index (κ3) is 4.51. The summed E-state index contributed by atoms with van der Waals surface area (Å²) in [5.74, 6) is -0.795. The van der Waals surface area contributed by atoms with Gasteiger partial charge in [0, 0.05) is 19.2 Å². The number of hydrogen-bond donors (Lipinski definition) is 0. The molecule has 0 saturated heterocycles. The maximum atomic E-state index is 11.6. The topological polar surface area (TPSA) is 102 Å². The van der Waals surface area contributed by atoms with Gasteiger partial charge in [-0.2, -0.15) is 5.26 Å². The molecular formula is C13H12N2O5. The maximum Gasteiger partial charge on any atom is 0.348 e. The zero-order valence-electron chi connectivity index (χ0n) is 10.7. The normalized spacial score (nSPS) is 10.7. The number of rotatable bonds is 6. The van der Waals surface area contributed by atoms with E-state index in [0.29, 0.717) is 5.56 Å². The molecule has 0 aliphatic rings. The predicted molar refractivity (Wildman–Crippen MR) is 69.5 cm³/mol. The molecule has 0 saturated carbocycles. The lowest BCUT2D eigenvalue weighted by atomic mass is 10.1. The van der Waals surface area contributed by atoms with Crippen LogP contribution in [0.2, 0.25) is 0 Å². The predicted octanol–water partition coefficient (Wildman–Crippen LogP) is 1.69. The van der Waals surface area contributed by atoms with Crippen molar-refractivity contribution in [2.75, 3.05) is 20.3 Å². The summed E-state index contributed by atoms with van der Waals surface area (Å²) in [4.78, 5) is 21.6.